The van der Waals surface area contributed by atoms with Crippen molar-refractivity contribution in [2.75, 3.05) is 18.0 Å². The van der Waals surface area contributed by atoms with Crippen molar-refractivity contribution in [3.8, 4) is 0 Å². The monoisotopic (exact) mass is 348 g/mol. The maximum Gasteiger partial charge on any atom is 0.226 e. The van der Waals surface area contributed by atoms with E-state index in [1.54, 1.807) is 6.20 Å². The highest BCUT2D eigenvalue weighted by Gasteiger charge is 2.24. The molecule has 110 valence electrons. The lowest BCUT2D eigenvalue weighted by molar-refractivity contribution is -0.121. The smallest absolute Gasteiger partial charge is 0.226 e. The van der Waals surface area contributed by atoms with Gasteiger partial charge in [-0.2, -0.15) is 5.10 Å². The number of H-pyrrole nitrogens is 1. The van der Waals surface area contributed by atoms with Crippen LogP contribution in [0.3, 0.4) is 0 Å². The summed E-state index contributed by atoms with van der Waals surface area (Å²) in [6, 6.07) is 10.3. The number of amides is 1. The summed E-state index contributed by atoms with van der Waals surface area (Å²) < 4.78 is 1.08. The minimum Gasteiger partial charge on any atom is -0.369 e. The second-order valence-electron chi connectivity index (χ2n) is 5.23. The highest BCUT2D eigenvalue weighted by Crippen LogP contribution is 2.22. The molecule has 2 N–H and O–H groups in total. The van der Waals surface area contributed by atoms with Crippen LogP contribution in [0.15, 0.2) is 41.0 Å². The highest BCUT2D eigenvalue weighted by molar-refractivity contribution is 9.10. The van der Waals surface area contributed by atoms with Gasteiger partial charge in [0, 0.05) is 41.2 Å². The number of aromatic nitrogens is 2. The van der Waals surface area contributed by atoms with Crippen LogP contribution in [0.25, 0.3) is 0 Å². The van der Waals surface area contributed by atoms with E-state index in [0.717, 1.165) is 29.7 Å². The zero-order chi connectivity index (χ0) is 14.7. The first-order valence-corrected chi connectivity index (χ1v) is 7.78. The van der Waals surface area contributed by atoms with Gasteiger partial charge in [-0.25, -0.2) is 0 Å². The molecule has 1 aromatic carbocycles. The van der Waals surface area contributed by atoms with Gasteiger partial charge in [-0.3, -0.25) is 9.89 Å². The van der Waals surface area contributed by atoms with E-state index in [1.165, 1.54) is 5.69 Å². The summed E-state index contributed by atoms with van der Waals surface area (Å²) in [5.74, 6) is 0.0434. The predicted octanol–water partition coefficient (Wildman–Crippen LogP) is 2.11. The van der Waals surface area contributed by atoms with Gasteiger partial charge >= 0.3 is 0 Å². The molecule has 1 fully saturated rings. The van der Waals surface area contributed by atoms with Crippen LogP contribution in [0.5, 0.6) is 0 Å². The van der Waals surface area contributed by atoms with Gasteiger partial charge in [0.05, 0.1) is 6.42 Å². The molecule has 0 radical (unpaired) electrons. The van der Waals surface area contributed by atoms with Crippen molar-refractivity contribution >= 4 is 27.5 Å². The average Bonchev–Trinajstić information content (AvgIpc) is 3.11. The molecule has 0 saturated carbocycles. The van der Waals surface area contributed by atoms with E-state index in [4.69, 9.17) is 0 Å². The number of nitrogens with one attached hydrogen (secondary N) is 2. The Morgan fingerprint density at radius 1 is 1.38 bits per heavy atom. The van der Waals surface area contributed by atoms with E-state index >= 15 is 0 Å². The fourth-order valence-corrected chi connectivity index (χ4v) is 2.86. The van der Waals surface area contributed by atoms with Crippen LogP contribution in [0, 0.1) is 0 Å². The van der Waals surface area contributed by atoms with Crippen LogP contribution in [-0.4, -0.2) is 35.2 Å². The number of nitrogens with zero attached hydrogens (tertiary/aromatic N) is 2. The Morgan fingerprint density at radius 3 is 2.90 bits per heavy atom. The molecule has 3 rings (SSSR count). The number of benzene rings is 1. The molecule has 5 nitrogen and oxygen atoms in total. The fourth-order valence-electron chi connectivity index (χ4n) is 2.60. The summed E-state index contributed by atoms with van der Waals surface area (Å²) in [6.45, 7) is 1.83. The molecule has 1 saturated heterocycles. The molecule has 21 heavy (non-hydrogen) atoms. The molecule has 2 heterocycles. The summed E-state index contributed by atoms with van der Waals surface area (Å²) in [5.41, 5.74) is 2.04. The Hall–Kier alpha value is -1.82. The van der Waals surface area contributed by atoms with E-state index in [-0.39, 0.29) is 11.9 Å². The molecule has 0 bridgehead atoms. The summed E-state index contributed by atoms with van der Waals surface area (Å²) in [6.07, 6.45) is 2.99. The van der Waals surface area contributed by atoms with E-state index < -0.39 is 0 Å². The SMILES string of the molecule is O=C(Cc1ccn[nH]1)N[C@H]1CCN(c2ccc(Br)cc2)C1. The van der Waals surface area contributed by atoms with E-state index in [1.807, 2.05) is 18.2 Å². The molecule has 0 spiro atoms. The van der Waals surface area contributed by atoms with Crippen LogP contribution in [0.2, 0.25) is 0 Å². The number of rotatable bonds is 4. The van der Waals surface area contributed by atoms with Gasteiger partial charge < -0.3 is 10.2 Å². The molecule has 1 aromatic heterocycles. The third-order valence-corrected chi connectivity index (χ3v) is 4.18. The van der Waals surface area contributed by atoms with Gasteiger partial charge in [0.1, 0.15) is 0 Å². The third-order valence-electron chi connectivity index (χ3n) is 3.65. The van der Waals surface area contributed by atoms with Crippen molar-refractivity contribution in [2.24, 2.45) is 0 Å². The Morgan fingerprint density at radius 2 is 2.19 bits per heavy atom. The van der Waals surface area contributed by atoms with Gasteiger partial charge in [-0.15, -0.1) is 0 Å². The standard InChI is InChI=1S/C15H17BrN4O/c16-11-1-3-14(4-2-11)20-8-6-13(10-20)18-15(21)9-12-5-7-17-19-12/h1-5,7,13H,6,8-10H2,(H,17,19)(H,18,21)/t13-/m0/s1. The van der Waals surface area contributed by atoms with E-state index in [0.29, 0.717) is 6.42 Å². The summed E-state index contributed by atoms with van der Waals surface area (Å²) >= 11 is 3.44. The zero-order valence-corrected chi connectivity index (χ0v) is 13.1. The minimum atomic E-state index is 0.0434. The summed E-state index contributed by atoms with van der Waals surface area (Å²) in [7, 11) is 0. The number of carbonyl (C=O) groups excluding carboxylic acids is 1. The van der Waals surface area contributed by atoms with Crippen LogP contribution in [0.1, 0.15) is 12.1 Å². The largest absolute Gasteiger partial charge is 0.369 e. The van der Waals surface area contributed by atoms with Crippen molar-refractivity contribution < 1.29 is 4.79 Å². The lowest BCUT2D eigenvalue weighted by atomic mass is 10.2. The number of hydrogen-bond donors (Lipinski definition) is 2. The number of carbonyl (C=O) groups is 1. The average molecular weight is 349 g/mol. The number of anilines is 1. The molecule has 1 atom stereocenters. The lowest BCUT2D eigenvalue weighted by Gasteiger charge is -2.19. The Balaban J connectivity index is 1.52. The first-order chi connectivity index (χ1) is 10.2. The maximum atomic E-state index is 12.0. The van der Waals surface area contributed by atoms with Crippen molar-refractivity contribution in [1.82, 2.24) is 15.5 Å². The van der Waals surface area contributed by atoms with Gasteiger partial charge in [0.15, 0.2) is 0 Å². The van der Waals surface area contributed by atoms with Crippen molar-refractivity contribution in [3.05, 3.63) is 46.7 Å². The van der Waals surface area contributed by atoms with Gasteiger partial charge in [-0.05, 0) is 36.8 Å². The van der Waals surface area contributed by atoms with Crippen LogP contribution in [0.4, 0.5) is 5.69 Å². The van der Waals surface area contributed by atoms with Crippen LogP contribution in [-0.2, 0) is 11.2 Å². The third kappa shape index (κ3) is 3.64. The molecule has 0 unspecified atom stereocenters. The maximum absolute atomic E-state index is 12.0. The molecule has 0 aliphatic carbocycles. The fraction of sp³-hybridized carbons (Fsp3) is 0.333. The van der Waals surface area contributed by atoms with Crippen molar-refractivity contribution in [1.29, 1.82) is 0 Å². The van der Waals surface area contributed by atoms with Crippen LogP contribution < -0.4 is 10.2 Å². The highest BCUT2D eigenvalue weighted by atomic mass is 79.9. The van der Waals surface area contributed by atoms with Crippen molar-refractivity contribution in [3.63, 3.8) is 0 Å². The predicted molar refractivity (Wildman–Crippen MR) is 85.2 cm³/mol. The zero-order valence-electron chi connectivity index (χ0n) is 11.6. The molecule has 6 heteroatoms. The van der Waals surface area contributed by atoms with Crippen molar-refractivity contribution in [2.45, 2.75) is 18.9 Å². The number of aromatic amines is 1. The van der Waals surface area contributed by atoms with E-state index in [2.05, 4.69) is 48.5 Å². The second kappa shape index (κ2) is 6.30. The number of hydrogen-bond acceptors (Lipinski definition) is 3. The van der Waals surface area contributed by atoms with Gasteiger partial charge in [0.2, 0.25) is 5.91 Å². The summed E-state index contributed by atoms with van der Waals surface area (Å²) in [5, 5.41) is 9.75. The lowest BCUT2D eigenvalue weighted by Crippen LogP contribution is -2.38. The van der Waals surface area contributed by atoms with E-state index in [9.17, 15) is 4.79 Å². The molecule has 2 aromatic rings. The van der Waals surface area contributed by atoms with Crippen LogP contribution >= 0.6 is 15.9 Å². The molecule has 1 amide bonds. The molecule has 1 aliphatic rings. The van der Waals surface area contributed by atoms with Gasteiger partial charge in [-0.1, -0.05) is 15.9 Å². The molecule has 1 aliphatic heterocycles. The first kappa shape index (κ1) is 14.1. The normalized spacial score (nSPS) is 18.0. The second-order valence-corrected chi connectivity index (χ2v) is 6.15. The Labute approximate surface area is 131 Å². The first-order valence-electron chi connectivity index (χ1n) is 6.99. The topological polar surface area (TPSA) is 61.0 Å². The number of halogens is 1. The Bertz CT molecular complexity index is 597. The molecular formula is C15H17BrN4O. The minimum absolute atomic E-state index is 0.0434. The Kier molecular flexibility index (Phi) is 4.24. The van der Waals surface area contributed by atoms with Gasteiger partial charge in [0.25, 0.3) is 0 Å². The molecular weight excluding hydrogens is 332 g/mol. The summed E-state index contributed by atoms with van der Waals surface area (Å²) in [4.78, 5) is 14.3. The quantitative estimate of drug-likeness (QED) is 0.889.